The summed E-state index contributed by atoms with van der Waals surface area (Å²) in [5, 5.41) is 7.29. The molecule has 1 heterocycles. The molecule has 0 aliphatic rings. The van der Waals surface area contributed by atoms with Gasteiger partial charge in [0.1, 0.15) is 10.9 Å². The number of aromatic nitrogens is 2. The fraction of sp³-hybridized carbons (Fsp3) is 0.200. The summed E-state index contributed by atoms with van der Waals surface area (Å²) in [6.45, 7) is 3.39. The van der Waals surface area contributed by atoms with Gasteiger partial charge in [0, 0.05) is 0 Å². The van der Waals surface area contributed by atoms with E-state index in [0.29, 0.717) is 16.9 Å². The molecule has 0 aliphatic carbocycles. The Labute approximate surface area is 170 Å². The molecule has 0 aliphatic heterocycles. The summed E-state index contributed by atoms with van der Waals surface area (Å²) in [4.78, 5) is 12.7. The number of para-hydroxylation sites is 1. The van der Waals surface area contributed by atoms with Gasteiger partial charge in [0.15, 0.2) is 0 Å². The number of halogens is 4. The number of hydrogen-bond donors (Lipinski definition) is 1. The van der Waals surface area contributed by atoms with Gasteiger partial charge in [-0.25, -0.2) is 4.68 Å². The van der Waals surface area contributed by atoms with Crippen LogP contribution in [0.1, 0.15) is 34.6 Å². The Morgan fingerprint density at radius 3 is 2.34 bits per heavy atom. The Morgan fingerprint density at radius 1 is 1.14 bits per heavy atom. The van der Waals surface area contributed by atoms with Gasteiger partial charge in [-0.3, -0.25) is 4.79 Å². The van der Waals surface area contributed by atoms with Crippen molar-refractivity contribution in [1.29, 1.82) is 0 Å². The van der Waals surface area contributed by atoms with E-state index in [0.717, 1.165) is 0 Å². The van der Waals surface area contributed by atoms with E-state index >= 15 is 0 Å². The van der Waals surface area contributed by atoms with Crippen molar-refractivity contribution in [1.82, 2.24) is 15.1 Å². The minimum atomic E-state index is -4.76. The Morgan fingerprint density at radius 2 is 1.76 bits per heavy atom. The summed E-state index contributed by atoms with van der Waals surface area (Å²) in [6, 6.07) is 14.0. The topological polar surface area (TPSA) is 56.2 Å². The van der Waals surface area contributed by atoms with E-state index < -0.39 is 18.3 Å². The standard InChI is InChI=1S/C20H17ClF3N3O2/c1-12(14-8-10-16(11-9-14)29-20(22,23)24)25-19(28)17-13(2)26-27(18(17)21)15-6-4-3-5-7-15/h3-12H,1-2H3,(H,25,28). The molecule has 0 saturated carbocycles. The van der Waals surface area contributed by atoms with Crippen molar-refractivity contribution in [3.05, 3.63) is 76.6 Å². The summed E-state index contributed by atoms with van der Waals surface area (Å²) < 4.78 is 42.1. The molecule has 1 atom stereocenters. The minimum absolute atomic E-state index is 0.173. The van der Waals surface area contributed by atoms with Crippen molar-refractivity contribution in [2.24, 2.45) is 0 Å². The van der Waals surface area contributed by atoms with Gasteiger partial charge in [-0.1, -0.05) is 41.9 Å². The van der Waals surface area contributed by atoms with Crippen molar-refractivity contribution in [3.63, 3.8) is 0 Å². The van der Waals surface area contributed by atoms with Crippen LogP contribution in [0.25, 0.3) is 5.69 Å². The molecule has 3 rings (SSSR count). The minimum Gasteiger partial charge on any atom is -0.406 e. The van der Waals surface area contributed by atoms with Crippen LogP contribution >= 0.6 is 11.6 Å². The van der Waals surface area contributed by atoms with E-state index in [1.807, 2.05) is 30.3 Å². The highest BCUT2D eigenvalue weighted by molar-refractivity contribution is 6.33. The zero-order valence-electron chi connectivity index (χ0n) is 15.5. The average Bonchev–Trinajstić information content (AvgIpc) is 2.96. The second-order valence-electron chi connectivity index (χ2n) is 6.31. The van der Waals surface area contributed by atoms with Crippen LogP contribution in [0, 0.1) is 6.92 Å². The molecule has 1 amide bonds. The van der Waals surface area contributed by atoms with Crippen LogP contribution in [0.3, 0.4) is 0 Å². The Kier molecular flexibility index (Phi) is 5.83. The van der Waals surface area contributed by atoms with Crippen molar-refractivity contribution in [2.45, 2.75) is 26.3 Å². The number of carbonyl (C=O) groups excluding carboxylic acids is 1. The monoisotopic (exact) mass is 423 g/mol. The molecule has 1 N–H and O–H groups in total. The molecular weight excluding hydrogens is 407 g/mol. The maximum absolute atomic E-state index is 12.7. The molecule has 5 nitrogen and oxygen atoms in total. The van der Waals surface area contributed by atoms with Crippen molar-refractivity contribution < 1.29 is 22.7 Å². The van der Waals surface area contributed by atoms with Gasteiger partial charge in [0.25, 0.3) is 5.91 Å². The van der Waals surface area contributed by atoms with Crippen LogP contribution in [0.15, 0.2) is 54.6 Å². The number of ether oxygens (including phenoxy) is 1. The first-order valence-corrected chi connectivity index (χ1v) is 9.00. The molecule has 0 radical (unpaired) electrons. The fourth-order valence-electron chi connectivity index (χ4n) is 2.81. The Bertz CT molecular complexity index is 1000. The Hall–Kier alpha value is -3.00. The van der Waals surface area contributed by atoms with Crippen LogP contribution < -0.4 is 10.1 Å². The first-order chi connectivity index (χ1) is 13.7. The lowest BCUT2D eigenvalue weighted by Crippen LogP contribution is -2.27. The van der Waals surface area contributed by atoms with Gasteiger partial charge in [-0.05, 0) is 43.7 Å². The highest BCUT2D eigenvalue weighted by Crippen LogP contribution is 2.26. The second-order valence-corrected chi connectivity index (χ2v) is 6.67. The van der Waals surface area contributed by atoms with E-state index in [-0.39, 0.29) is 16.5 Å². The average molecular weight is 424 g/mol. The molecule has 29 heavy (non-hydrogen) atoms. The number of rotatable bonds is 5. The van der Waals surface area contributed by atoms with Crippen molar-refractivity contribution in [3.8, 4) is 11.4 Å². The number of alkyl halides is 3. The van der Waals surface area contributed by atoms with Crippen LogP contribution in [0.4, 0.5) is 13.2 Å². The highest BCUT2D eigenvalue weighted by Gasteiger charge is 2.31. The van der Waals surface area contributed by atoms with Crippen LogP contribution in [-0.2, 0) is 0 Å². The number of amides is 1. The lowest BCUT2D eigenvalue weighted by molar-refractivity contribution is -0.274. The third-order valence-electron chi connectivity index (χ3n) is 4.19. The SMILES string of the molecule is Cc1nn(-c2ccccc2)c(Cl)c1C(=O)NC(C)c1ccc(OC(F)(F)F)cc1. The van der Waals surface area contributed by atoms with Gasteiger partial charge in [0.2, 0.25) is 0 Å². The third-order valence-corrected chi connectivity index (χ3v) is 4.54. The number of nitrogens with zero attached hydrogens (tertiary/aromatic N) is 2. The van der Waals surface area contributed by atoms with E-state index in [1.165, 1.54) is 28.9 Å². The number of aryl methyl sites for hydroxylation is 1. The number of nitrogens with one attached hydrogen (secondary N) is 1. The fourth-order valence-corrected chi connectivity index (χ4v) is 3.17. The second kappa shape index (κ2) is 8.16. The molecule has 9 heteroatoms. The molecule has 152 valence electrons. The number of carbonyl (C=O) groups is 1. The number of benzene rings is 2. The summed E-state index contributed by atoms with van der Waals surface area (Å²) in [7, 11) is 0. The molecule has 0 spiro atoms. The summed E-state index contributed by atoms with van der Waals surface area (Å²) in [5.41, 5.74) is 2.02. The molecule has 1 unspecified atom stereocenters. The largest absolute Gasteiger partial charge is 0.573 e. The normalized spacial score (nSPS) is 12.5. The third kappa shape index (κ3) is 4.89. The van der Waals surface area contributed by atoms with Crippen molar-refractivity contribution >= 4 is 17.5 Å². The summed E-state index contributed by atoms with van der Waals surface area (Å²) in [5.74, 6) is -0.763. The maximum Gasteiger partial charge on any atom is 0.573 e. The van der Waals surface area contributed by atoms with Gasteiger partial charge in [0.05, 0.1) is 23.0 Å². The van der Waals surface area contributed by atoms with Crippen LogP contribution in [-0.4, -0.2) is 22.1 Å². The molecular formula is C20H17ClF3N3O2. The van der Waals surface area contributed by atoms with Gasteiger partial charge >= 0.3 is 6.36 Å². The Balaban J connectivity index is 1.76. The smallest absolute Gasteiger partial charge is 0.406 e. The lowest BCUT2D eigenvalue weighted by atomic mass is 10.1. The van der Waals surface area contributed by atoms with E-state index in [9.17, 15) is 18.0 Å². The van der Waals surface area contributed by atoms with Crippen LogP contribution in [0.2, 0.25) is 5.15 Å². The van der Waals surface area contributed by atoms with E-state index in [1.54, 1.807) is 13.8 Å². The lowest BCUT2D eigenvalue weighted by Gasteiger charge is -2.15. The quantitative estimate of drug-likeness (QED) is 0.611. The highest BCUT2D eigenvalue weighted by atomic mass is 35.5. The first kappa shape index (κ1) is 20.7. The maximum atomic E-state index is 12.7. The van der Waals surface area contributed by atoms with E-state index in [4.69, 9.17) is 11.6 Å². The molecule has 0 bridgehead atoms. The summed E-state index contributed by atoms with van der Waals surface area (Å²) >= 11 is 6.39. The zero-order chi connectivity index (χ0) is 21.2. The van der Waals surface area contributed by atoms with Gasteiger partial charge in [-0.15, -0.1) is 13.2 Å². The first-order valence-electron chi connectivity index (χ1n) is 8.63. The van der Waals surface area contributed by atoms with Crippen LogP contribution in [0.5, 0.6) is 5.75 Å². The number of hydrogen-bond acceptors (Lipinski definition) is 3. The predicted molar refractivity (Wildman–Crippen MR) is 102 cm³/mol. The van der Waals surface area contributed by atoms with Crippen molar-refractivity contribution in [2.75, 3.05) is 0 Å². The molecule has 3 aromatic rings. The molecule has 0 saturated heterocycles. The van der Waals surface area contributed by atoms with Gasteiger partial charge < -0.3 is 10.1 Å². The summed E-state index contributed by atoms with van der Waals surface area (Å²) in [6.07, 6.45) is -4.76. The van der Waals surface area contributed by atoms with Gasteiger partial charge in [-0.2, -0.15) is 5.10 Å². The zero-order valence-corrected chi connectivity index (χ0v) is 16.3. The van der Waals surface area contributed by atoms with E-state index in [2.05, 4.69) is 15.2 Å². The molecule has 0 fully saturated rings. The molecule has 2 aromatic carbocycles. The predicted octanol–water partition coefficient (Wildman–Crippen LogP) is 5.22. The molecule has 1 aromatic heterocycles.